The molecule has 0 spiro atoms. The van der Waals surface area contributed by atoms with E-state index < -0.39 is 35.7 Å². The van der Waals surface area contributed by atoms with Crippen molar-refractivity contribution in [2.75, 3.05) is 6.61 Å². The van der Waals surface area contributed by atoms with Crippen molar-refractivity contribution >= 4 is 17.7 Å². The second kappa shape index (κ2) is 8.63. The second-order valence-electron chi connectivity index (χ2n) is 7.71. The van der Waals surface area contributed by atoms with Crippen LogP contribution in [-0.4, -0.2) is 58.1 Å². The minimum Gasteiger partial charge on any atom is -0.444 e. The van der Waals surface area contributed by atoms with Gasteiger partial charge in [0.2, 0.25) is 0 Å². The summed E-state index contributed by atoms with van der Waals surface area (Å²) in [4.78, 5) is 37.9. The molecule has 7 heteroatoms. The number of ether oxygens (including phenoxy) is 2. The molecule has 1 aliphatic rings. The van der Waals surface area contributed by atoms with Crippen LogP contribution in [0.3, 0.4) is 0 Å². The van der Waals surface area contributed by atoms with Gasteiger partial charge in [0.1, 0.15) is 17.7 Å². The molecule has 0 aliphatic carbocycles. The predicted molar refractivity (Wildman–Crippen MR) is 98.1 cm³/mol. The van der Waals surface area contributed by atoms with Gasteiger partial charge in [0, 0.05) is 6.42 Å². The van der Waals surface area contributed by atoms with Crippen molar-refractivity contribution in [3.63, 3.8) is 0 Å². The van der Waals surface area contributed by atoms with Gasteiger partial charge in [-0.15, -0.1) is 0 Å². The highest BCUT2D eigenvalue weighted by Gasteiger charge is 2.49. The van der Waals surface area contributed by atoms with Crippen LogP contribution in [-0.2, 0) is 25.7 Å². The molecule has 1 saturated heterocycles. The van der Waals surface area contributed by atoms with E-state index in [1.807, 2.05) is 30.3 Å². The first-order chi connectivity index (χ1) is 12.6. The molecule has 2 rings (SSSR count). The Balaban J connectivity index is 2.14. The minimum absolute atomic E-state index is 0.00302. The fourth-order valence-electron chi connectivity index (χ4n) is 2.99. The third-order valence-electron chi connectivity index (χ3n) is 4.20. The monoisotopic (exact) mass is 377 g/mol. The van der Waals surface area contributed by atoms with E-state index in [1.54, 1.807) is 20.8 Å². The molecule has 3 atom stereocenters. The van der Waals surface area contributed by atoms with Crippen molar-refractivity contribution in [1.29, 1.82) is 0 Å². The van der Waals surface area contributed by atoms with Crippen LogP contribution >= 0.6 is 0 Å². The van der Waals surface area contributed by atoms with Crippen molar-refractivity contribution in [3.05, 3.63) is 35.9 Å². The number of hydrogen-bond acceptors (Lipinski definition) is 6. The molecule has 1 aromatic rings. The average molecular weight is 377 g/mol. The lowest BCUT2D eigenvalue weighted by atomic mass is 10.0. The third-order valence-corrected chi connectivity index (χ3v) is 4.20. The fraction of sp³-hybridized carbons (Fsp3) is 0.550. The molecule has 0 bridgehead atoms. The van der Waals surface area contributed by atoms with Crippen molar-refractivity contribution in [3.8, 4) is 0 Å². The van der Waals surface area contributed by atoms with Crippen LogP contribution < -0.4 is 0 Å². The van der Waals surface area contributed by atoms with E-state index in [2.05, 4.69) is 0 Å². The molecule has 1 aliphatic heterocycles. The van der Waals surface area contributed by atoms with Gasteiger partial charge in [-0.3, -0.25) is 14.5 Å². The van der Waals surface area contributed by atoms with E-state index in [0.717, 1.165) is 10.5 Å². The van der Waals surface area contributed by atoms with Gasteiger partial charge < -0.3 is 14.6 Å². The zero-order valence-electron chi connectivity index (χ0n) is 16.2. The highest BCUT2D eigenvalue weighted by molar-refractivity contribution is 5.97. The van der Waals surface area contributed by atoms with Gasteiger partial charge in [-0.1, -0.05) is 30.3 Å². The third kappa shape index (κ3) is 5.61. The zero-order valence-corrected chi connectivity index (χ0v) is 16.2. The summed E-state index contributed by atoms with van der Waals surface area (Å²) in [5.41, 5.74) is 0.190. The number of likely N-dealkylation sites (tertiary alicyclic amines) is 1. The van der Waals surface area contributed by atoms with Gasteiger partial charge in [0.25, 0.3) is 0 Å². The van der Waals surface area contributed by atoms with Crippen LogP contribution in [0.2, 0.25) is 0 Å². The summed E-state index contributed by atoms with van der Waals surface area (Å²) < 4.78 is 11.1. The summed E-state index contributed by atoms with van der Waals surface area (Å²) >= 11 is 0. The maximum atomic E-state index is 12.7. The van der Waals surface area contributed by atoms with Crippen molar-refractivity contribution in [2.45, 2.75) is 64.5 Å². The van der Waals surface area contributed by atoms with Crippen LogP contribution in [0.15, 0.2) is 30.3 Å². The largest absolute Gasteiger partial charge is 0.444 e. The lowest BCUT2D eigenvalue weighted by Crippen LogP contribution is -2.53. The average Bonchev–Trinajstić information content (AvgIpc) is 2.89. The molecule has 0 radical (unpaired) electrons. The van der Waals surface area contributed by atoms with Gasteiger partial charge in [-0.25, -0.2) is 4.79 Å². The van der Waals surface area contributed by atoms with Crippen molar-refractivity contribution in [2.24, 2.45) is 0 Å². The Labute approximate surface area is 159 Å². The topological polar surface area (TPSA) is 93.1 Å². The van der Waals surface area contributed by atoms with Gasteiger partial charge in [0.05, 0.1) is 19.3 Å². The number of rotatable bonds is 6. The smallest absolute Gasteiger partial charge is 0.411 e. The number of ketones is 2. The van der Waals surface area contributed by atoms with Crippen molar-refractivity contribution < 1.29 is 29.0 Å². The molecule has 1 heterocycles. The molecule has 0 aromatic heterocycles. The van der Waals surface area contributed by atoms with E-state index in [9.17, 15) is 19.5 Å². The number of Topliss-reactive ketones (excluding diaryl/α,β-unsaturated/α-hetero) is 2. The normalized spacial score (nSPS) is 21.2. The molecule has 27 heavy (non-hydrogen) atoms. The van der Waals surface area contributed by atoms with Gasteiger partial charge in [0.15, 0.2) is 11.6 Å². The Bertz CT molecular complexity index is 681. The van der Waals surface area contributed by atoms with Crippen LogP contribution in [0.4, 0.5) is 4.79 Å². The van der Waals surface area contributed by atoms with E-state index in [0.29, 0.717) is 6.61 Å². The van der Waals surface area contributed by atoms with Gasteiger partial charge >= 0.3 is 6.09 Å². The summed E-state index contributed by atoms with van der Waals surface area (Å²) in [5.74, 6) is -0.954. The van der Waals surface area contributed by atoms with Crippen LogP contribution in [0.5, 0.6) is 0 Å². The molecule has 1 N–H and O–H groups in total. The molecule has 1 amide bonds. The number of benzene rings is 1. The lowest BCUT2D eigenvalue weighted by Gasteiger charge is -2.32. The number of hydrogen-bond donors (Lipinski definition) is 1. The number of amides is 1. The quantitative estimate of drug-likeness (QED) is 0.816. The molecule has 1 aromatic carbocycles. The maximum Gasteiger partial charge on any atom is 0.411 e. The maximum absolute atomic E-state index is 12.7. The zero-order chi connectivity index (χ0) is 20.2. The number of carbonyl (C=O) groups excluding carboxylic acids is 3. The van der Waals surface area contributed by atoms with Crippen LogP contribution in [0.25, 0.3) is 0 Å². The van der Waals surface area contributed by atoms with Crippen LogP contribution in [0, 0.1) is 0 Å². The number of nitrogens with zero attached hydrogens (tertiary/aromatic N) is 1. The molecular weight excluding hydrogens is 350 g/mol. The summed E-state index contributed by atoms with van der Waals surface area (Å²) in [6.07, 6.45) is -2.32. The summed E-state index contributed by atoms with van der Waals surface area (Å²) in [5, 5.41) is 10.2. The van der Waals surface area contributed by atoms with E-state index in [1.165, 1.54) is 6.92 Å². The van der Waals surface area contributed by atoms with E-state index >= 15 is 0 Å². The Morgan fingerprint density at radius 3 is 2.44 bits per heavy atom. The standard InChI is InChI=1S/C20H27NO6/c1-13(22)18(24)17-16(23)10-15(21(17)19(25)27-20(2,3)4)12-26-11-14-8-6-5-7-9-14/h5-9,15,17-18,24H,10-12H2,1-4H3/t15-,17+,18-/m0/s1. The Morgan fingerprint density at radius 1 is 1.26 bits per heavy atom. The number of aliphatic hydroxyl groups is 1. The van der Waals surface area contributed by atoms with Crippen molar-refractivity contribution in [1.82, 2.24) is 4.90 Å². The van der Waals surface area contributed by atoms with E-state index in [-0.39, 0.29) is 18.8 Å². The van der Waals surface area contributed by atoms with E-state index in [4.69, 9.17) is 9.47 Å². The Morgan fingerprint density at radius 2 is 1.89 bits per heavy atom. The first-order valence-corrected chi connectivity index (χ1v) is 8.94. The second-order valence-corrected chi connectivity index (χ2v) is 7.71. The van der Waals surface area contributed by atoms with Crippen LogP contribution in [0.1, 0.15) is 39.7 Å². The lowest BCUT2D eigenvalue weighted by molar-refractivity contribution is -0.134. The minimum atomic E-state index is -1.58. The highest BCUT2D eigenvalue weighted by Crippen LogP contribution is 2.27. The number of aliphatic hydroxyl groups excluding tert-OH is 1. The molecule has 0 unspecified atom stereocenters. The predicted octanol–water partition coefficient (Wildman–Crippen LogP) is 2.10. The van der Waals surface area contributed by atoms with Gasteiger partial charge in [-0.2, -0.15) is 0 Å². The molecule has 7 nitrogen and oxygen atoms in total. The van der Waals surface area contributed by atoms with Gasteiger partial charge in [-0.05, 0) is 33.3 Å². The molecule has 148 valence electrons. The number of carbonyl (C=O) groups is 3. The highest BCUT2D eigenvalue weighted by atomic mass is 16.6. The summed E-state index contributed by atoms with van der Waals surface area (Å²) in [7, 11) is 0. The first-order valence-electron chi connectivity index (χ1n) is 8.94. The Kier molecular flexibility index (Phi) is 6.73. The summed E-state index contributed by atoms with van der Waals surface area (Å²) in [6, 6.07) is 7.66. The SMILES string of the molecule is CC(=O)[C@H](O)[C@H]1C(=O)C[C@@H](COCc2ccccc2)N1C(=O)OC(C)(C)C. The molecule has 1 fully saturated rings. The first kappa shape index (κ1) is 21.1. The summed E-state index contributed by atoms with van der Waals surface area (Å²) in [6.45, 7) is 6.74. The molecular formula is C20H27NO6. The fourth-order valence-corrected chi connectivity index (χ4v) is 2.99. The Hall–Kier alpha value is -2.25. The molecule has 0 saturated carbocycles.